The molecule has 0 aromatic rings. The van der Waals surface area contributed by atoms with Crippen molar-refractivity contribution in [3.63, 3.8) is 0 Å². The van der Waals surface area contributed by atoms with Crippen molar-refractivity contribution in [2.75, 3.05) is 6.54 Å². The number of carbonyl (C=O) groups is 2. The van der Waals surface area contributed by atoms with Crippen LogP contribution in [0.5, 0.6) is 0 Å². The smallest absolute Gasteiger partial charge is 0.251 e. The summed E-state index contributed by atoms with van der Waals surface area (Å²) in [5.41, 5.74) is 5.16. The Balaban J connectivity index is 2.01. The molecule has 2 aliphatic rings. The van der Waals surface area contributed by atoms with Crippen LogP contribution in [0.25, 0.3) is 0 Å². The second kappa shape index (κ2) is 6.32. The number of primary amides is 1. The summed E-state index contributed by atoms with van der Waals surface area (Å²) >= 11 is 0. The van der Waals surface area contributed by atoms with Gasteiger partial charge in [-0.2, -0.15) is 0 Å². The van der Waals surface area contributed by atoms with Crippen LogP contribution < -0.4 is 16.4 Å². The predicted molar refractivity (Wildman–Crippen MR) is 78.1 cm³/mol. The van der Waals surface area contributed by atoms with Gasteiger partial charge in [-0.1, -0.05) is 19.9 Å². The third-order valence-electron chi connectivity index (χ3n) is 4.69. The van der Waals surface area contributed by atoms with E-state index >= 15 is 0 Å². The van der Waals surface area contributed by atoms with E-state index in [0.717, 1.165) is 19.4 Å². The van der Waals surface area contributed by atoms with E-state index in [1.807, 2.05) is 6.92 Å². The summed E-state index contributed by atoms with van der Waals surface area (Å²) in [5, 5.41) is 5.79. The zero-order valence-electron chi connectivity index (χ0n) is 12.7. The SMILES string of the molecule is C=C(C(N)=O)C(CC1CC1(F)F)NC(=O)C1NCCC1CC. The molecule has 5 nitrogen and oxygen atoms in total. The Bertz CT molecular complexity index is 481. The van der Waals surface area contributed by atoms with Crippen molar-refractivity contribution >= 4 is 11.8 Å². The summed E-state index contributed by atoms with van der Waals surface area (Å²) in [4.78, 5) is 23.7. The number of nitrogens with two attached hydrogens (primary N) is 1. The van der Waals surface area contributed by atoms with Crippen LogP contribution in [0, 0.1) is 11.8 Å². The topological polar surface area (TPSA) is 84.2 Å². The van der Waals surface area contributed by atoms with Gasteiger partial charge in [-0.05, 0) is 25.3 Å². The summed E-state index contributed by atoms with van der Waals surface area (Å²) in [5.74, 6) is -4.38. The van der Waals surface area contributed by atoms with Gasteiger partial charge >= 0.3 is 0 Å². The fraction of sp³-hybridized carbons (Fsp3) is 0.733. The van der Waals surface area contributed by atoms with Gasteiger partial charge in [-0.3, -0.25) is 9.59 Å². The normalized spacial score (nSPS) is 30.6. The molecular weight excluding hydrogens is 292 g/mol. The second-order valence-corrected chi connectivity index (χ2v) is 6.24. The lowest BCUT2D eigenvalue weighted by atomic mass is 9.95. The van der Waals surface area contributed by atoms with Crippen molar-refractivity contribution in [2.24, 2.45) is 17.6 Å². The molecule has 0 aromatic carbocycles. The van der Waals surface area contributed by atoms with E-state index < -0.39 is 23.8 Å². The Morgan fingerprint density at radius 2 is 2.14 bits per heavy atom. The molecule has 0 spiro atoms. The molecule has 1 saturated heterocycles. The Labute approximate surface area is 128 Å². The molecule has 2 fully saturated rings. The average molecular weight is 315 g/mol. The van der Waals surface area contributed by atoms with Crippen LogP contribution >= 0.6 is 0 Å². The van der Waals surface area contributed by atoms with E-state index in [0.29, 0.717) is 0 Å². The highest BCUT2D eigenvalue weighted by Gasteiger charge is 2.57. The van der Waals surface area contributed by atoms with Gasteiger partial charge in [0.1, 0.15) is 0 Å². The van der Waals surface area contributed by atoms with Crippen molar-refractivity contribution in [3.8, 4) is 0 Å². The minimum atomic E-state index is -2.71. The van der Waals surface area contributed by atoms with Gasteiger partial charge in [0.2, 0.25) is 11.8 Å². The lowest BCUT2D eigenvalue weighted by molar-refractivity contribution is -0.124. The molecule has 124 valence electrons. The first-order chi connectivity index (χ1) is 10.3. The highest BCUT2D eigenvalue weighted by molar-refractivity contribution is 5.94. The van der Waals surface area contributed by atoms with Gasteiger partial charge in [0.05, 0.1) is 12.1 Å². The Morgan fingerprint density at radius 1 is 1.50 bits per heavy atom. The van der Waals surface area contributed by atoms with Crippen LogP contribution in [0.15, 0.2) is 12.2 Å². The number of nitrogens with one attached hydrogen (secondary N) is 2. The Kier molecular flexibility index (Phi) is 4.84. The van der Waals surface area contributed by atoms with E-state index in [2.05, 4.69) is 17.2 Å². The Morgan fingerprint density at radius 3 is 2.64 bits per heavy atom. The molecule has 2 rings (SSSR count). The highest BCUT2D eigenvalue weighted by Crippen LogP contribution is 2.51. The molecule has 1 aliphatic heterocycles. The molecule has 22 heavy (non-hydrogen) atoms. The summed E-state index contributed by atoms with van der Waals surface area (Å²) < 4.78 is 26.2. The number of amides is 2. The van der Waals surface area contributed by atoms with Crippen molar-refractivity contribution in [3.05, 3.63) is 12.2 Å². The van der Waals surface area contributed by atoms with Gasteiger partial charge in [-0.15, -0.1) is 0 Å². The lowest BCUT2D eigenvalue weighted by Gasteiger charge is -2.24. The minimum Gasteiger partial charge on any atom is -0.366 e. The molecule has 7 heteroatoms. The van der Waals surface area contributed by atoms with Gasteiger partial charge in [0, 0.05) is 17.9 Å². The molecule has 2 amide bonds. The van der Waals surface area contributed by atoms with E-state index in [-0.39, 0.29) is 36.3 Å². The number of alkyl halides is 2. The van der Waals surface area contributed by atoms with E-state index in [4.69, 9.17) is 5.73 Å². The molecule has 0 radical (unpaired) electrons. The van der Waals surface area contributed by atoms with Crippen molar-refractivity contribution in [2.45, 2.75) is 50.6 Å². The molecule has 1 saturated carbocycles. The van der Waals surface area contributed by atoms with Crippen LogP contribution in [0.4, 0.5) is 8.78 Å². The first-order valence-electron chi connectivity index (χ1n) is 7.66. The Hall–Kier alpha value is -1.50. The first kappa shape index (κ1) is 16.9. The number of halogens is 2. The summed E-state index contributed by atoms with van der Waals surface area (Å²) in [6.07, 6.45) is 1.53. The summed E-state index contributed by atoms with van der Waals surface area (Å²) in [6.45, 7) is 6.30. The molecule has 4 unspecified atom stereocenters. The maximum Gasteiger partial charge on any atom is 0.251 e. The van der Waals surface area contributed by atoms with Gasteiger partial charge in [0.25, 0.3) is 5.92 Å². The standard InChI is InChI=1S/C15H23F2N3O2/c1-3-9-4-5-19-12(9)14(22)20-11(8(2)13(18)21)6-10-7-15(10,16)17/h9-12,19H,2-7H2,1H3,(H2,18,21)(H,20,22). The zero-order valence-corrected chi connectivity index (χ0v) is 12.7. The fourth-order valence-electron chi connectivity index (χ4n) is 3.04. The fourth-order valence-corrected chi connectivity index (χ4v) is 3.04. The first-order valence-corrected chi connectivity index (χ1v) is 7.66. The van der Waals surface area contributed by atoms with Crippen LogP contribution in [0.3, 0.4) is 0 Å². The molecule has 0 aromatic heterocycles. The summed E-state index contributed by atoms with van der Waals surface area (Å²) in [6, 6.07) is -1.18. The van der Waals surface area contributed by atoms with E-state index in [1.54, 1.807) is 0 Å². The maximum atomic E-state index is 13.1. The zero-order chi connectivity index (χ0) is 16.5. The molecule has 1 heterocycles. The number of hydrogen-bond acceptors (Lipinski definition) is 3. The van der Waals surface area contributed by atoms with Crippen LogP contribution in [-0.2, 0) is 9.59 Å². The van der Waals surface area contributed by atoms with Gasteiger partial charge in [-0.25, -0.2) is 8.78 Å². The third kappa shape index (κ3) is 3.63. The monoisotopic (exact) mass is 315 g/mol. The van der Waals surface area contributed by atoms with Crippen LogP contribution in [-0.4, -0.2) is 36.4 Å². The maximum absolute atomic E-state index is 13.1. The van der Waals surface area contributed by atoms with Crippen molar-refractivity contribution in [1.29, 1.82) is 0 Å². The lowest BCUT2D eigenvalue weighted by Crippen LogP contribution is -2.49. The summed E-state index contributed by atoms with van der Waals surface area (Å²) in [7, 11) is 0. The van der Waals surface area contributed by atoms with Gasteiger partial charge < -0.3 is 16.4 Å². The molecule has 4 N–H and O–H groups in total. The molecule has 1 aliphatic carbocycles. The number of carbonyl (C=O) groups excluding carboxylic acids is 2. The van der Waals surface area contributed by atoms with E-state index in [1.165, 1.54) is 0 Å². The largest absolute Gasteiger partial charge is 0.366 e. The second-order valence-electron chi connectivity index (χ2n) is 6.24. The molecular formula is C15H23F2N3O2. The molecule has 4 atom stereocenters. The predicted octanol–water partition coefficient (Wildman–Crippen LogP) is 0.946. The quantitative estimate of drug-likeness (QED) is 0.612. The third-order valence-corrected chi connectivity index (χ3v) is 4.69. The van der Waals surface area contributed by atoms with Crippen molar-refractivity contribution < 1.29 is 18.4 Å². The van der Waals surface area contributed by atoms with Crippen molar-refractivity contribution in [1.82, 2.24) is 10.6 Å². The molecule has 0 bridgehead atoms. The highest BCUT2D eigenvalue weighted by atomic mass is 19.3. The number of rotatable bonds is 7. The van der Waals surface area contributed by atoms with E-state index in [9.17, 15) is 18.4 Å². The van der Waals surface area contributed by atoms with Crippen LogP contribution in [0.1, 0.15) is 32.6 Å². The minimum absolute atomic E-state index is 0.00990. The van der Waals surface area contributed by atoms with Crippen LogP contribution in [0.2, 0.25) is 0 Å². The number of hydrogen-bond donors (Lipinski definition) is 3. The van der Waals surface area contributed by atoms with Gasteiger partial charge in [0.15, 0.2) is 0 Å². The average Bonchev–Trinajstić information content (AvgIpc) is 2.89.